The predicted octanol–water partition coefficient (Wildman–Crippen LogP) is 3.72. The number of carbonyl (C=O) groups is 1. The molecule has 1 saturated heterocycles. The Morgan fingerprint density at radius 3 is 2.43 bits per heavy atom. The van der Waals surface area contributed by atoms with Gasteiger partial charge in [0.2, 0.25) is 0 Å². The number of likely N-dealkylation sites (tertiary alicyclic amines) is 1. The highest BCUT2D eigenvalue weighted by Gasteiger charge is 2.34. The van der Waals surface area contributed by atoms with E-state index in [4.69, 9.17) is 4.74 Å². The Morgan fingerprint density at radius 1 is 1.33 bits per heavy atom. The maximum absolute atomic E-state index is 11.9. The van der Waals surface area contributed by atoms with Gasteiger partial charge in [0.1, 0.15) is 5.60 Å². The Balaban J connectivity index is 1.77. The van der Waals surface area contributed by atoms with E-state index in [2.05, 4.69) is 40.3 Å². The summed E-state index contributed by atoms with van der Waals surface area (Å²) in [5.74, 6) is 0. The van der Waals surface area contributed by atoms with Crippen LogP contribution in [0, 0.1) is 0 Å². The van der Waals surface area contributed by atoms with Gasteiger partial charge in [0.05, 0.1) is 0 Å². The lowest BCUT2D eigenvalue weighted by molar-refractivity contribution is 0.00434. The first-order chi connectivity index (χ1) is 9.74. The predicted molar refractivity (Wildman–Crippen MR) is 87.3 cm³/mol. The number of halogens is 1. The number of hydrogen-bond acceptors (Lipinski definition) is 3. The van der Waals surface area contributed by atoms with Gasteiger partial charge >= 0.3 is 6.09 Å². The number of ether oxygens (including phenoxy) is 1. The van der Waals surface area contributed by atoms with Crippen molar-refractivity contribution in [2.45, 2.75) is 45.4 Å². The number of amides is 1. The molecule has 1 N–H and O–H groups in total. The Kier molecular flexibility index (Phi) is 4.94. The van der Waals surface area contributed by atoms with Crippen LogP contribution in [0.3, 0.4) is 0 Å². The third kappa shape index (κ3) is 4.71. The molecule has 1 amide bonds. The van der Waals surface area contributed by atoms with Crippen molar-refractivity contribution in [2.75, 3.05) is 13.1 Å². The topological polar surface area (TPSA) is 41.6 Å². The van der Waals surface area contributed by atoms with Crippen LogP contribution in [0.5, 0.6) is 0 Å². The SMILES string of the molecule is C[C@@H](NC1CN(C(=O)OC(C)(C)C)C1)c1ccc(Br)cc1. The van der Waals surface area contributed by atoms with Crippen LogP contribution in [0.4, 0.5) is 4.79 Å². The maximum Gasteiger partial charge on any atom is 0.410 e. The Morgan fingerprint density at radius 2 is 1.90 bits per heavy atom. The molecule has 0 radical (unpaired) electrons. The van der Waals surface area contributed by atoms with E-state index in [1.165, 1.54) is 5.56 Å². The molecule has 5 heteroatoms. The van der Waals surface area contributed by atoms with Crippen LogP contribution in [0.15, 0.2) is 28.7 Å². The van der Waals surface area contributed by atoms with Crippen LogP contribution < -0.4 is 5.32 Å². The minimum Gasteiger partial charge on any atom is -0.444 e. The molecule has 1 aromatic rings. The Bertz CT molecular complexity index is 490. The highest BCUT2D eigenvalue weighted by molar-refractivity contribution is 9.10. The first-order valence-electron chi connectivity index (χ1n) is 7.24. The molecular weight excluding hydrogens is 332 g/mol. The quantitative estimate of drug-likeness (QED) is 0.899. The smallest absolute Gasteiger partial charge is 0.410 e. The zero-order valence-corrected chi connectivity index (χ0v) is 14.6. The summed E-state index contributed by atoms with van der Waals surface area (Å²) in [5, 5.41) is 3.54. The molecule has 0 aliphatic carbocycles. The highest BCUT2D eigenvalue weighted by Crippen LogP contribution is 2.20. The number of benzene rings is 1. The minimum atomic E-state index is -0.430. The lowest BCUT2D eigenvalue weighted by Gasteiger charge is -2.41. The average Bonchev–Trinajstić information content (AvgIpc) is 2.31. The van der Waals surface area contributed by atoms with Gasteiger partial charge in [-0.15, -0.1) is 0 Å². The van der Waals surface area contributed by atoms with E-state index in [-0.39, 0.29) is 12.1 Å². The van der Waals surface area contributed by atoms with Crippen molar-refractivity contribution >= 4 is 22.0 Å². The molecule has 0 saturated carbocycles. The van der Waals surface area contributed by atoms with Gasteiger partial charge in [-0.25, -0.2) is 4.79 Å². The van der Waals surface area contributed by atoms with E-state index < -0.39 is 5.60 Å². The molecule has 4 nitrogen and oxygen atoms in total. The second kappa shape index (κ2) is 6.36. The molecule has 1 atom stereocenters. The zero-order chi connectivity index (χ0) is 15.6. The summed E-state index contributed by atoms with van der Waals surface area (Å²) >= 11 is 3.44. The van der Waals surface area contributed by atoms with Gasteiger partial charge in [-0.05, 0) is 45.4 Å². The Hall–Kier alpha value is -1.07. The van der Waals surface area contributed by atoms with E-state index in [0.29, 0.717) is 19.1 Å². The average molecular weight is 355 g/mol. The third-order valence-corrected chi connectivity index (χ3v) is 3.92. The van der Waals surface area contributed by atoms with Crippen molar-refractivity contribution in [2.24, 2.45) is 0 Å². The summed E-state index contributed by atoms with van der Waals surface area (Å²) < 4.78 is 6.43. The van der Waals surface area contributed by atoms with Crippen molar-refractivity contribution in [3.05, 3.63) is 34.3 Å². The van der Waals surface area contributed by atoms with E-state index in [1.807, 2.05) is 32.9 Å². The van der Waals surface area contributed by atoms with E-state index >= 15 is 0 Å². The highest BCUT2D eigenvalue weighted by atomic mass is 79.9. The van der Waals surface area contributed by atoms with Crippen molar-refractivity contribution in [1.82, 2.24) is 10.2 Å². The summed E-state index contributed by atoms with van der Waals surface area (Å²) in [6.07, 6.45) is -0.225. The lowest BCUT2D eigenvalue weighted by Crippen LogP contribution is -2.60. The molecule has 116 valence electrons. The van der Waals surface area contributed by atoms with Crippen LogP contribution >= 0.6 is 15.9 Å². The second-order valence-electron chi connectivity index (χ2n) is 6.52. The molecule has 1 fully saturated rings. The Labute approximate surface area is 135 Å². The van der Waals surface area contributed by atoms with Crippen LogP contribution in [-0.2, 0) is 4.74 Å². The first-order valence-corrected chi connectivity index (χ1v) is 8.03. The fraction of sp³-hybridized carbons (Fsp3) is 0.562. The van der Waals surface area contributed by atoms with Crippen molar-refractivity contribution in [3.8, 4) is 0 Å². The molecular formula is C16H23BrN2O2. The molecule has 2 rings (SSSR count). The maximum atomic E-state index is 11.9. The monoisotopic (exact) mass is 354 g/mol. The number of rotatable bonds is 3. The minimum absolute atomic E-state index is 0.225. The van der Waals surface area contributed by atoms with Crippen molar-refractivity contribution in [3.63, 3.8) is 0 Å². The zero-order valence-electron chi connectivity index (χ0n) is 13.0. The van der Waals surface area contributed by atoms with Crippen LogP contribution in [0.2, 0.25) is 0 Å². The van der Waals surface area contributed by atoms with Gasteiger partial charge < -0.3 is 15.0 Å². The lowest BCUT2D eigenvalue weighted by atomic mass is 10.0. The molecule has 21 heavy (non-hydrogen) atoms. The van der Waals surface area contributed by atoms with Gasteiger partial charge in [0, 0.05) is 29.6 Å². The number of nitrogens with one attached hydrogen (secondary N) is 1. The largest absolute Gasteiger partial charge is 0.444 e. The summed E-state index contributed by atoms with van der Waals surface area (Å²) in [7, 11) is 0. The van der Waals surface area contributed by atoms with E-state index in [1.54, 1.807) is 4.90 Å². The molecule has 1 aliphatic rings. The number of hydrogen-bond donors (Lipinski definition) is 1. The van der Waals surface area contributed by atoms with Gasteiger partial charge in [-0.3, -0.25) is 0 Å². The summed E-state index contributed by atoms with van der Waals surface area (Å²) in [5.41, 5.74) is 0.814. The van der Waals surface area contributed by atoms with Crippen LogP contribution in [0.25, 0.3) is 0 Å². The third-order valence-electron chi connectivity index (χ3n) is 3.39. The van der Waals surface area contributed by atoms with Crippen LogP contribution in [-0.4, -0.2) is 35.7 Å². The summed E-state index contributed by atoms with van der Waals surface area (Å²) in [6, 6.07) is 8.89. The first kappa shape index (κ1) is 16.3. The molecule has 1 aromatic carbocycles. The van der Waals surface area contributed by atoms with E-state index in [0.717, 1.165) is 4.47 Å². The molecule has 0 bridgehead atoms. The van der Waals surface area contributed by atoms with Crippen molar-refractivity contribution in [1.29, 1.82) is 0 Å². The summed E-state index contributed by atoms with van der Waals surface area (Å²) in [4.78, 5) is 13.6. The van der Waals surface area contributed by atoms with Gasteiger partial charge in [0.15, 0.2) is 0 Å². The van der Waals surface area contributed by atoms with Gasteiger partial charge in [-0.1, -0.05) is 28.1 Å². The molecule has 0 aromatic heterocycles. The van der Waals surface area contributed by atoms with Gasteiger partial charge in [-0.2, -0.15) is 0 Å². The standard InChI is InChI=1S/C16H23BrN2O2/c1-11(12-5-7-13(17)8-6-12)18-14-9-19(10-14)15(20)21-16(2,3)4/h5-8,11,14,18H,9-10H2,1-4H3/t11-/m1/s1. The normalized spacial score (nSPS) is 17.3. The number of nitrogens with zero attached hydrogens (tertiary/aromatic N) is 1. The molecule has 1 heterocycles. The number of carbonyl (C=O) groups excluding carboxylic acids is 1. The fourth-order valence-corrected chi connectivity index (χ4v) is 2.53. The second-order valence-corrected chi connectivity index (χ2v) is 7.44. The van der Waals surface area contributed by atoms with Crippen LogP contribution in [0.1, 0.15) is 39.3 Å². The molecule has 0 spiro atoms. The van der Waals surface area contributed by atoms with E-state index in [9.17, 15) is 4.79 Å². The molecule has 1 aliphatic heterocycles. The fourth-order valence-electron chi connectivity index (χ4n) is 2.26. The van der Waals surface area contributed by atoms with Crippen molar-refractivity contribution < 1.29 is 9.53 Å². The summed E-state index contributed by atoms with van der Waals surface area (Å²) in [6.45, 7) is 9.20. The van der Waals surface area contributed by atoms with Gasteiger partial charge in [0.25, 0.3) is 0 Å². The molecule has 0 unspecified atom stereocenters.